The van der Waals surface area contributed by atoms with Crippen LogP contribution in [0, 0.1) is 0 Å². The van der Waals surface area contributed by atoms with Crippen LogP contribution >= 0.6 is 15.9 Å². The number of rotatable bonds is 2. The zero-order valence-corrected chi connectivity index (χ0v) is 6.70. The molecule has 0 amide bonds. The molecular formula is C6H11BrO. The summed E-state index contributed by atoms with van der Waals surface area (Å²) in [7, 11) is 0. The Morgan fingerprint density at radius 1 is 1.62 bits per heavy atom. The third-order valence-electron chi connectivity index (χ3n) is 0.447. The van der Waals surface area contributed by atoms with Crippen LogP contribution in [0.2, 0.25) is 0 Å². The van der Waals surface area contributed by atoms with Crippen LogP contribution < -0.4 is 0 Å². The second-order valence-corrected chi connectivity index (χ2v) is 1.93. The van der Waals surface area contributed by atoms with Gasteiger partial charge in [0.1, 0.15) is 5.78 Å². The highest BCUT2D eigenvalue weighted by atomic mass is 79.9. The van der Waals surface area contributed by atoms with Gasteiger partial charge >= 0.3 is 0 Å². The van der Waals surface area contributed by atoms with Crippen molar-refractivity contribution < 1.29 is 4.79 Å². The van der Waals surface area contributed by atoms with Crippen molar-refractivity contribution in [3.05, 3.63) is 13.2 Å². The second kappa shape index (κ2) is 10.00. The normalized spacial score (nSPS) is 6.75. The Kier molecular flexibility index (Phi) is 13.5. The number of carbonyl (C=O) groups is 1. The topological polar surface area (TPSA) is 17.1 Å². The first kappa shape index (κ1) is 10.8. The molecular weight excluding hydrogens is 168 g/mol. The van der Waals surface area contributed by atoms with E-state index in [0.29, 0.717) is 6.42 Å². The van der Waals surface area contributed by atoms with Gasteiger partial charge in [0.05, 0.1) is 0 Å². The molecule has 0 fully saturated rings. The van der Waals surface area contributed by atoms with Gasteiger partial charge in [0, 0.05) is 11.8 Å². The molecule has 0 aliphatic carbocycles. The van der Waals surface area contributed by atoms with Gasteiger partial charge in [0.2, 0.25) is 0 Å². The first-order valence-electron chi connectivity index (χ1n) is 2.32. The van der Waals surface area contributed by atoms with Crippen LogP contribution in [-0.4, -0.2) is 11.1 Å². The summed E-state index contributed by atoms with van der Waals surface area (Å²) in [4.78, 5) is 10.0. The lowest BCUT2D eigenvalue weighted by Crippen LogP contribution is -1.87. The van der Waals surface area contributed by atoms with E-state index in [4.69, 9.17) is 0 Å². The number of alkyl halides is 1. The third kappa shape index (κ3) is 16.9. The fourth-order valence-electron chi connectivity index (χ4n) is 0.133. The predicted octanol–water partition coefficient (Wildman–Crippen LogP) is 2.16. The van der Waals surface area contributed by atoms with Crippen molar-refractivity contribution in [2.24, 2.45) is 0 Å². The standard InChI is InChI=1S/C4H7BrO.C2H4/c1-4(6)2-3-5;1-2/h2-3H2,1H3;1-2H2. The number of hydrogen-bond donors (Lipinski definition) is 0. The second-order valence-electron chi connectivity index (χ2n) is 1.14. The molecule has 2 heteroatoms. The van der Waals surface area contributed by atoms with Crippen LogP contribution in [0.3, 0.4) is 0 Å². The zero-order chi connectivity index (χ0) is 6.99. The van der Waals surface area contributed by atoms with Crippen LogP contribution in [0.15, 0.2) is 13.2 Å². The molecule has 0 rings (SSSR count). The highest BCUT2D eigenvalue weighted by molar-refractivity contribution is 9.09. The van der Waals surface area contributed by atoms with Crippen molar-refractivity contribution in [1.29, 1.82) is 0 Å². The van der Waals surface area contributed by atoms with E-state index in [1.54, 1.807) is 6.92 Å². The molecule has 0 aromatic heterocycles. The molecule has 0 bridgehead atoms. The van der Waals surface area contributed by atoms with Gasteiger partial charge < -0.3 is 0 Å². The van der Waals surface area contributed by atoms with E-state index < -0.39 is 0 Å². The molecule has 0 radical (unpaired) electrons. The number of halogens is 1. The zero-order valence-electron chi connectivity index (χ0n) is 5.11. The Morgan fingerprint density at radius 3 is 2.00 bits per heavy atom. The quantitative estimate of drug-likeness (QED) is 0.468. The average Bonchev–Trinajstić information content (AvgIpc) is 1.72. The van der Waals surface area contributed by atoms with Crippen LogP contribution in [0.4, 0.5) is 0 Å². The molecule has 0 saturated carbocycles. The Bertz CT molecular complexity index is 61.5. The molecule has 0 N–H and O–H groups in total. The van der Waals surface area contributed by atoms with E-state index in [9.17, 15) is 4.79 Å². The van der Waals surface area contributed by atoms with Gasteiger partial charge in [0.15, 0.2) is 0 Å². The van der Waals surface area contributed by atoms with Crippen molar-refractivity contribution in [3.63, 3.8) is 0 Å². The van der Waals surface area contributed by atoms with E-state index in [2.05, 4.69) is 29.1 Å². The summed E-state index contributed by atoms with van der Waals surface area (Å²) in [6.45, 7) is 7.58. The van der Waals surface area contributed by atoms with Gasteiger partial charge in [-0.15, -0.1) is 13.2 Å². The Labute approximate surface area is 58.9 Å². The Morgan fingerprint density at radius 2 is 2.00 bits per heavy atom. The highest BCUT2D eigenvalue weighted by Gasteiger charge is 1.84. The molecule has 0 aliphatic heterocycles. The predicted molar refractivity (Wildman–Crippen MR) is 40.3 cm³/mol. The van der Waals surface area contributed by atoms with E-state index in [1.807, 2.05) is 0 Å². The fourth-order valence-corrected chi connectivity index (χ4v) is 0.691. The lowest BCUT2D eigenvalue weighted by Gasteiger charge is -1.79. The van der Waals surface area contributed by atoms with Crippen LogP contribution in [0.1, 0.15) is 13.3 Å². The fraction of sp³-hybridized carbons (Fsp3) is 0.500. The van der Waals surface area contributed by atoms with Gasteiger partial charge in [-0.25, -0.2) is 0 Å². The summed E-state index contributed by atoms with van der Waals surface area (Å²) in [5.74, 6) is 0.242. The van der Waals surface area contributed by atoms with Gasteiger partial charge in [-0.3, -0.25) is 4.79 Å². The Hall–Kier alpha value is -0.110. The first-order valence-corrected chi connectivity index (χ1v) is 3.45. The summed E-state index contributed by atoms with van der Waals surface area (Å²) in [6.07, 6.45) is 0.653. The molecule has 1 nitrogen and oxygen atoms in total. The summed E-state index contributed by atoms with van der Waals surface area (Å²) in [6, 6.07) is 0. The van der Waals surface area contributed by atoms with Crippen LogP contribution in [-0.2, 0) is 4.79 Å². The first-order chi connectivity index (χ1) is 3.77. The van der Waals surface area contributed by atoms with Gasteiger partial charge in [-0.1, -0.05) is 15.9 Å². The molecule has 0 aliphatic rings. The maximum atomic E-state index is 10.0. The summed E-state index contributed by atoms with van der Waals surface area (Å²) >= 11 is 3.13. The summed E-state index contributed by atoms with van der Waals surface area (Å²) < 4.78 is 0. The largest absolute Gasteiger partial charge is 0.300 e. The molecule has 0 aromatic carbocycles. The molecule has 0 unspecified atom stereocenters. The summed E-state index contributed by atoms with van der Waals surface area (Å²) in [5, 5.41) is 0.794. The van der Waals surface area contributed by atoms with Gasteiger partial charge in [0.25, 0.3) is 0 Å². The van der Waals surface area contributed by atoms with E-state index in [0.717, 1.165) is 5.33 Å². The molecule has 0 saturated heterocycles. The molecule has 48 valence electrons. The highest BCUT2D eigenvalue weighted by Crippen LogP contribution is 1.86. The van der Waals surface area contributed by atoms with E-state index >= 15 is 0 Å². The van der Waals surface area contributed by atoms with Crippen molar-refractivity contribution in [2.75, 3.05) is 5.33 Å². The minimum absolute atomic E-state index is 0.242. The van der Waals surface area contributed by atoms with Crippen molar-refractivity contribution >= 4 is 21.7 Å². The molecule has 0 aromatic rings. The molecule has 0 heterocycles. The maximum Gasteiger partial charge on any atom is 0.130 e. The lowest BCUT2D eigenvalue weighted by atomic mass is 10.4. The van der Waals surface area contributed by atoms with Crippen molar-refractivity contribution in [2.45, 2.75) is 13.3 Å². The van der Waals surface area contributed by atoms with Gasteiger partial charge in [-0.2, -0.15) is 0 Å². The average molecular weight is 179 g/mol. The lowest BCUT2D eigenvalue weighted by molar-refractivity contribution is -0.116. The SMILES string of the molecule is C=C.CC(=O)CCBr. The minimum Gasteiger partial charge on any atom is -0.300 e. The number of hydrogen-bond acceptors (Lipinski definition) is 1. The van der Waals surface area contributed by atoms with E-state index in [1.165, 1.54) is 0 Å². The number of Topliss-reactive ketones (excluding diaryl/α,β-unsaturated/α-hetero) is 1. The smallest absolute Gasteiger partial charge is 0.130 e. The van der Waals surface area contributed by atoms with Crippen molar-refractivity contribution in [1.82, 2.24) is 0 Å². The van der Waals surface area contributed by atoms with Crippen molar-refractivity contribution in [3.8, 4) is 0 Å². The minimum atomic E-state index is 0.242. The maximum absolute atomic E-state index is 10.0. The summed E-state index contributed by atoms with van der Waals surface area (Å²) in [5.41, 5.74) is 0. The van der Waals surface area contributed by atoms with Crippen LogP contribution in [0.5, 0.6) is 0 Å². The Balaban J connectivity index is 0. The van der Waals surface area contributed by atoms with Gasteiger partial charge in [-0.05, 0) is 6.92 Å². The van der Waals surface area contributed by atoms with Crippen LogP contribution in [0.25, 0.3) is 0 Å². The molecule has 0 atom stereocenters. The monoisotopic (exact) mass is 178 g/mol. The number of ketones is 1. The molecule has 0 spiro atoms. The molecule has 8 heavy (non-hydrogen) atoms. The van der Waals surface area contributed by atoms with E-state index in [-0.39, 0.29) is 5.78 Å². The number of carbonyl (C=O) groups excluding carboxylic acids is 1. The third-order valence-corrected chi connectivity index (χ3v) is 0.843.